The Morgan fingerprint density at radius 3 is 2.25 bits per heavy atom. The van der Waals surface area contributed by atoms with E-state index < -0.39 is 29.3 Å². The molecule has 0 aliphatic carbocycles. The van der Waals surface area contributed by atoms with Crippen LogP contribution in [0.1, 0.15) is 20.8 Å². The van der Waals surface area contributed by atoms with Gasteiger partial charge >= 0.3 is 11.9 Å². The van der Waals surface area contributed by atoms with Crippen LogP contribution < -0.4 is 5.73 Å². The van der Waals surface area contributed by atoms with Crippen LogP contribution in [0.4, 0.5) is 14.5 Å². The number of anilines is 1. The Morgan fingerprint density at radius 1 is 1.00 bits per heavy atom. The Hall–Kier alpha value is -3.75. The van der Waals surface area contributed by atoms with Gasteiger partial charge in [0, 0.05) is 5.56 Å². The average molecular weight is 387 g/mol. The van der Waals surface area contributed by atoms with Crippen molar-refractivity contribution in [3.05, 3.63) is 65.4 Å². The van der Waals surface area contributed by atoms with Gasteiger partial charge in [0.15, 0.2) is 17.3 Å². The lowest BCUT2D eigenvalue weighted by Crippen LogP contribution is -2.15. The second kappa shape index (κ2) is 7.47. The molecule has 0 saturated carbocycles. The molecule has 0 aliphatic heterocycles. The number of hydrogen-bond donors (Lipinski definition) is 1. The number of para-hydroxylation sites is 1. The lowest BCUT2D eigenvalue weighted by atomic mass is 10.0. The number of nitrogens with zero attached hydrogens (tertiary/aromatic N) is 2. The van der Waals surface area contributed by atoms with Crippen LogP contribution in [0.5, 0.6) is 0 Å². The first-order valence-corrected chi connectivity index (χ1v) is 7.99. The second-order valence-electron chi connectivity index (χ2n) is 5.63. The zero-order valence-corrected chi connectivity index (χ0v) is 14.9. The van der Waals surface area contributed by atoms with E-state index in [0.29, 0.717) is 5.69 Å². The van der Waals surface area contributed by atoms with Crippen molar-refractivity contribution in [2.75, 3.05) is 20.0 Å². The number of aromatic nitrogens is 2. The van der Waals surface area contributed by atoms with Crippen molar-refractivity contribution < 1.29 is 27.8 Å². The number of nitrogen functional groups attached to an aromatic ring is 1. The molecule has 7 nitrogen and oxygen atoms in total. The van der Waals surface area contributed by atoms with Crippen LogP contribution in [-0.2, 0) is 9.47 Å². The lowest BCUT2D eigenvalue weighted by molar-refractivity contribution is 0.0549. The number of methoxy groups -OCH3 is 2. The van der Waals surface area contributed by atoms with Gasteiger partial charge in [-0.1, -0.05) is 18.2 Å². The van der Waals surface area contributed by atoms with E-state index in [1.54, 1.807) is 30.3 Å². The van der Waals surface area contributed by atoms with Crippen molar-refractivity contribution in [1.29, 1.82) is 0 Å². The first-order valence-electron chi connectivity index (χ1n) is 7.99. The van der Waals surface area contributed by atoms with E-state index in [4.69, 9.17) is 15.2 Å². The molecule has 0 bridgehead atoms. The minimum absolute atomic E-state index is 0.0702. The quantitative estimate of drug-likeness (QED) is 0.546. The summed E-state index contributed by atoms with van der Waals surface area (Å²) in [6.45, 7) is 0. The second-order valence-corrected chi connectivity index (χ2v) is 5.63. The zero-order chi connectivity index (χ0) is 20.4. The summed E-state index contributed by atoms with van der Waals surface area (Å²) in [4.78, 5) is 24.9. The first kappa shape index (κ1) is 19.0. The summed E-state index contributed by atoms with van der Waals surface area (Å²) in [7, 11) is 2.25. The van der Waals surface area contributed by atoms with Gasteiger partial charge in [0.25, 0.3) is 0 Å². The van der Waals surface area contributed by atoms with E-state index in [2.05, 4.69) is 5.10 Å². The molecular weight excluding hydrogens is 372 g/mol. The molecule has 144 valence electrons. The molecule has 9 heteroatoms. The number of rotatable bonds is 4. The van der Waals surface area contributed by atoms with Crippen LogP contribution in [0.3, 0.4) is 0 Å². The molecule has 0 spiro atoms. The third kappa shape index (κ3) is 3.07. The summed E-state index contributed by atoms with van der Waals surface area (Å²) >= 11 is 0. The number of halogens is 2. The molecule has 3 aromatic rings. The fourth-order valence-electron chi connectivity index (χ4n) is 2.72. The van der Waals surface area contributed by atoms with Crippen LogP contribution in [0.25, 0.3) is 16.9 Å². The molecule has 1 heterocycles. The van der Waals surface area contributed by atoms with Crippen LogP contribution in [-0.4, -0.2) is 35.9 Å². The standard InChI is InChI=1S/C19H15F2N3O4/c1-27-18(25)13-16(11-8-9-12(20)14(21)15(11)22)23-24(17(13)19(26)28-2)10-6-4-3-5-7-10/h3-9H,22H2,1-2H3. The molecular formula is C19H15F2N3O4. The summed E-state index contributed by atoms with van der Waals surface area (Å²) in [5.41, 5.74) is 4.84. The van der Waals surface area contributed by atoms with Crippen molar-refractivity contribution in [3.8, 4) is 16.9 Å². The maximum absolute atomic E-state index is 14.0. The van der Waals surface area contributed by atoms with E-state index in [1.165, 1.54) is 6.07 Å². The molecule has 0 radical (unpaired) electrons. The molecule has 0 saturated heterocycles. The molecule has 0 aliphatic rings. The van der Waals surface area contributed by atoms with Crippen molar-refractivity contribution in [2.45, 2.75) is 0 Å². The number of hydrogen-bond acceptors (Lipinski definition) is 6. The van der Waals surface area contributed by atoms with Crippen molar-refractivity contribution >= 4 is 17.6 Å². The van der Waals surface area contributed by atoms with E-state index >= 15 is 0 Å². The highest BCUT2D eigenvalue weighted by Crippen LogP contribution is 2.34. The van der Waals surface area contributed by atoms with E-state index in [1.807, 2.05) is 0 Å². The topological polar surface area (TPSA) is 96.4 Å². The fourth-order valence-corrected chi connectivity index (χ4v) is 2.72. The maximum Gasteiger partial charge on any atom is 0.357 e. The predicted octanol–water partition coefficient (Wildman–Crippen LogP) is 2.97. The molecule has 0 amide bonds. The molecule has 0 fully saturated rings. The summed E-state index contributed by atoms with van der Waals surface area (Å²) in [5.74, 6) is -4.23. The molecule has 1 aromatic heterocycles. The number of benzene rings is 2. The van der Waals surface area contributed by atoms with Gasteiger partial charge in [0.05, 0.1) is 25.6 Å². The van der Waals surface area contributed by atoms with Crippen molar-refractivity contribution in [1.82, 2.24) is 9.78 Å². The third-order valence-electron chi connectivity index (χ3n) is 4.04. The Kier molecular flexibility index (Phi) is 5.08. The molecule has 28 heavy (non-hydrogen) atoms. The van der Waals surface area contributed by atoms with E-state index in [9.17, 15) is 18.4 Å². The summed E-state index contributed by atoms with van der Waals surface area (Å²) in [5, 5.41) is 4.27. The molecule has 2 aromatic carbocycles. The highest BCUT2D eigenvalue weighted by Gasteiger charge is 2.32. The van der Waals surface area contributed by atoms with Gasteiger partial charge in [0.2, 0.25) is 0 Å². The van der Waals surface area contributed by atoms with Gasteiger partial charge in [-0.15, -0.1) is 0 Å². The molecule has 2 N–H and O–H groups in total. The lowest BCUT2D eigenvalue weighted by Gasteiger charge is -2.07. The maximum atomic E-state index is 14.0. The van der Waals surface area contributed by atoms with Gasteiger partial charge in [-0.05, 0) is 24.3 Å². The Bertz CT molecular complexity index is 1060. The monoisotopic (exact) mass is 387 g/mol. The van der Waals surface area contributed by atoms with Crippen LogP contribution in [0, 0.1) is 11.6 Å². The summed E-state index contributed by atoms with van der Waals surface area (Å²) in [6, 6.07) is 10.4. The van der Waals surface area contributed by atoms with Crippen LogP contribution in [0.2, 0.25) is 0 Å². The fraction of sp³-hybridized carbons (Fsp3) is 0.105. The van der Waals surface area contributed by atoms with E-state index in [0.717, 1.165) is 25.0 Å². The summed E-state index contributed by atoms with van der Waals surface area (Å²) < 4.78 is 38.2. The minimum atomic E-state index is -1.29. The highest BCUT2D eigenvalue weighted by atomic mass is 19.2. The van der Waals surface area contributed by atoms with Crippen LogP contribution in [0.15, 0.2) is 42.5 Å². The highest BCUT2D eigenvalue weighted by molar-refractivity contribution is 6.07. The van der Waals surface area contributed by atoms with Gasteiger partial charge in [-0.3, -0.25) is 0 Å². The predicted molar refractivity (Wildman–Crippen MR) is 96.0 cm³/mol. The average Bonchev–Trinajstić information content (AvgIpc) is 3.12. The molecule has 0 unspecified atom stereocenters. The van der Waals surface area contributed by atoms with E-state index in [-0.39, 0.29) is 22.5 Å². The van der Waals surface area contributed by atoms with Crippen LogP contribution >= 0.6 is 0 Å². The largest absolute Gasteiger partial charge is 0.465 e. The number of carbonyl (C=O) groups excluding carboxylic acids is 2. The van der Waals surface area contributed by atoms with Gasteiger partial charge in [0.1, 0.15) is 11.3 Å². The van der Waals surface area contributed by atoms with Gasteiger partial charge in [-0.2, -0.15) is 5.10 Å². The number of ether oxygens (including phenoxy) is 2. The molecule has 3 rings (SSSR count). The first-order chi connectivity index (χ1) is 13.4. The number of esters is 2. The van der Waals surface area contributed by atoms with Gasteiger partial charge < -0.3 is 15.2 Å². The smallest absolute Gasteiger partial charge is 0.357 e. The normalized spacial score (nSPS) is 10.6. The zero-order valence-electron chi connectivity index (χ0n) is 14.9. The summed E-state index contributed by atoms with van der Waals surface area (Å²) in [6.07, 6.45) is 0. The van der Waals surface area contributed by atoms with Crippen molar-refractivity contribution in [2.24, 2.45) is 0 Å². The number of nitrogens with two attached hydrogens (primary N) is 1. The Morgan fingerprint density at radius 2 is 1.64 bits per heavy atom. The Labute approximate surface area is 158 Å². The molecule has 0 atom stereocenters. The third-order valence-corrected chi connectivity index (χ3v) is 4.04. The van der Waals surface area contributed by atoms with Crippen molar-refractivity contribution in [3.63, 3.8) is 0 Å². The minimum Gasteiger partial charge on any atom is -0.465 e. The Balaban J connectivity index is 2.41. The van der Waals surface area contributed by atoms with Gasteiger partial charge in [-0.25, -0.2) is 23.1 Å². The number of carbonyl (C=O) groups is 2. The SMILES string of the molecule is COC(=O)c1c(-c2ccc(F)c(F)c2N)nn(-c2ccccc2)c1C(=O)OC.